The minimum Gasteiger partial charge on any atom is -0.389 e. The van der Waals surface area contributed by atoms with Crippen molar-refractivity contribution in [3.63, 3.8) is 0 Å². The Hall–Kier alpha value is -1.39. The molecule has 0 aromatic heterocycles. The quantitative estimate of drug-likeness (QED) is 0.573. The van der Waals surface area contributed by atoms with E-state index in [0.29, 0.717) is 25.2 Å². The summed E-state index contributed by atoms with van der Waals surface area (Å²) in [5.74, 6) is 0.0683. The summed E-state index contributed by atoms with van der Waals surface area (Å²) < 4.78 is 0. The molecule has 0 spiro atoms. The van der Waals surface area contributed by atoms with Crippen LogP contribution in [0.4, 0.5) is 0 Å². The van der Waals surface area contributed by atoms with Gasteiger partial charge in [0.25, 0.3) is 0 Å². The second kappa shape index (κ2) is 11.2. The number of hydrogen-bond acceptors (Lipinski definition) is 3. The van der Waals surface area contributed by atoms with Gasteiger partial charge in [0.2, 0.25) is 5.91 Å². The van der Waals surface area contributed by atoms with Crippen LogP contribution in [0, 0.1) is 5.92 Å². The number of carbonyl (C=O) groups is 1. The predicted octanol–water partition coefficient (Wildman–Crippen LogP) is 2.61. The van der Waals surface area contributed by atoms with Gasteiger partial charge in [-0.2, -0.15) is 0 Å². The highest BCUT2D eigenvalue weighted by Crippen LogP contribution is 2.26. The molecule has 22 heavy (non-hydrogen) atoms. The van der Waals surface area contributed by atoms with Gasteiger partial charge >= 0.3 is 0 Å². The lowest BCUT2D eigenvalue weighted by Crippen LogP contribution is -2.20. The van der Waals surface area contributed by atoms with Gasteiger partial charge in [0.15, 0.2) is 0 Å². The Morgan fingerprint density at radius 3 is 2.32 bits per heavy atom. The number of rotatable bonds is 9. The molecule has 4 heteroatoms. The monoisotopic (exact) mass is 307 g/mol. The topological polar surface area (TPSA) is 83.6 Å². The standard InChI is InChI=1S/C18H29NO3/c19-18(22)14-8-12-16(20)11-6-1-2-7-13-17(21)15-9-4-3-5-10-15/h1-2,6-7,11,13,15-17,20-21H,3-5,8-10,12,14H2,(H2,19,22)/b2-1+,11-6-,13-7+/t16-,17+/m0/s1. The molecule has 4 nitrogen and oxygen atoms in total. The lowest BCUT2D eigenvalue weighted by atomic mass is 9.85. The zero-order valence-corrected chi connectivity index (χ0v) is 13.2. The van der Waals surface area contributed by atoms with Crippen LogP contribution in [0.2, 0.25) is 0 Å². The fourth-order valence-electron chi connectivity index (χ4n) is 2.71. The highest BCUT2D eigenvalue weighted by Gasteiger charge is 2.18. The van der Waals surface area contributed by atoms with Crippen molar-refractivity contribution in [2.45, 2.75) is 63.6 Å². The van der Waals surface area contributed by atoms with Crippen molar-refractivity contribution >= 4 is 5.91 Å². The molecular formula is C18H29NO3. The van der Waals surface area contributed by atoms with E-state index in [0.717, 1.165) is 12.8 Å². The van der Waals surface area contributed by atoms with Gasteiger partial charge in [0.1, 0.15) is 0 Å². The molecule has 1 saturated carbocycles. The van der Waals surface area contributed by atoms with Crippen LogP contribution >= 0.6 is 0 Å². The molecule has 1 amide bonds. The molecular weight excluding hydrogens is 278 g/mol. The molecule has 4 N–H and O–H groups in total. The lowest BCUT2D eigenvalue weighted by Gasteiger charge is -2.24. The van der Waals surface area contributed by atoms with E-state index in [4.69, 9.17) is 5.73 Å². The largest absolute Gasteiger partial charge is 0.389 e. The fourth-order valence-corrected chi connectivity index (χ4v) is 2.71. The van der Waals surface area contributed by atoms with Crippen LogP contribution < -0.4 is 5.73 Å². The third-order valence-corrected chi connectivity index (χ3v) is 4.03. The van der Waals surface area contributed by atoms with Gasteiger partial charge in [-0.15, -0.1) is 0 Å². The lowest BCUT2D eigenvalue weighted by molar-refractivity contribution is -0.118. The normalized spacial score (nSPS) is 20.1. The van der Waals surface area contributed by atoms with E-state index in [9.17, 15) is 15.0 Å². The van der Waals surface area contributed by atoms with Crippen LogP contribution in [-0.4, -0.2) is 28.3 Å². The average molecular weight is 307 g/mol. The van der Waals surface area contributed by atoms with Gasteiger partial charge in [-0.25, -0.2) is 0 Å². The van der Waals surface area contributed by atoms with Gasteiger partial charge in [-0.3, -0.25) is 4.79 Å². The Labute approximate surface area is 133 Å². The third kappa shape index (κ3) is 8.80. The van der Waals surface area contributed by atoms with Crippen LogP contribution in [-0.2, 0) is 4.79 Å². The first-order valence-electron chi connectivity index (χ1n) is 8.25. The molecule has 2 atom stereocenters. The zero-order chi connectivity index (χ0) is 16.2. The molecule has 0 aromatic carbocycles. The highest BCUT2D eigenvalue weighted by atomic mass is 16.3. The molecule has 1 rings (SSSR count). The summed E-state index contributed by atoms with van der Waals surface area (Å²) in [5, 5.41) is 19.7. The molecule has 0 aliphatic heterocycles. The zero-order valence-electron chi connectivity index (χ0n) is 13.2. The van der Waals surface area contributed by atoms with Crippen molar-refractivity contribution in [2.24, 2.45) is 11.7 Å². The van der Waals surface area contributed by atoms with Crippen LogP contribution in [0.25, 0.3) is 0 Å². The second-order valence-electron chi connectivity index (χ2n) is 5.97. The van der Waals surface area contributed by atoms with Crippen molar-refractivity contribution in [3.05, 3.63) is 36.5 Å². The van der Waals surface area contributed by atoms with E-state index in [1.165, 1.54) is 19.3 Å². The second-order valence-corrected chi connectivity index (χ2v) is 5.97. The first-order valence-corrected chi connectivity index (χ1v) is 8.25. The Morgan fingerprint density at radius 1 is 1.05 bits per heavy atom. The van der Waals surface area contributed by atoms with Gasteiger partial charge in [0.05, 0.1) is 12.2 Å². The summed E-state index contributed by atoms with van der Waals surface area (Å²) in [6, 6.07) is 0. The minimum atomic E-state index is -0.555. The Morgan fingerprint density at radius 2 is 1.68 bits per heavy atom. The van der Waals surface area contributed by atoms with Crippen molar-refractivity contribution in [2.75, 3.05) is 0 Å². The summed E-state index contributed by atoms with van der Waals surface area (Å²) in [6.07, 6.45) is 17.3. The predicted molar refractivity (Wildman–Crippen MR) is 89.1 cm³/mol. The molecule has 1 aliphatic rings. The van der Waals surface area contributed by atoms with Gasteiger partial charge < -0.3 is 15.9 Å². The van der Waals surface area contributed by atoms with Crippen molar-refractivity contribution < 1.29 is 15.0 Å². The van der Waals surface area contributed by atoms with Crippen molar-refractivity contribution in [3.8, 4) is 0 Å². The summed E-state index contributed by atoms with van der Waals surface area (Å²) in [5.41, 5.74) is 5.03. The maximum atomic E-state index is 10.6. The third-order valence-electron chi connectivity index (χ3n) is 4.03. The number of aliphatic hydroxyl groups is 2. The highest BCUT2D eigenvalue weighted by molar-refractivity contribution is 5.73. The Balaban J connectivity index is 2.19. The molecule has 0 saturated heterocycles. The van der Waals surface area contributed by atoms with Crippen molar-refractivity contribution in [1.29, 1.82) is 0 Å². The number of aliphatic hydroxyl groups excluding tert-OH is 2. The van der Waals surface area contributed by atoms with E-state index in [2.05, 4.69) is 0 Å². The molecule has 1 fully saturated rings. The molecule has 0 unspecified atom stereocenters. The van der Waals surface area contributed by atoms with Gasteiger partial charge in [-0.05, 0) is 31.6 Å². The molecule has 0 aromatic rings. The smallest absolute Gasteiger partial charge is 0.217 e. The molecule has 1 aliphatic carbocycles. The Kier molecular flexibility index (Phi) is 9.51. The van der Waals surface area contributed by atoms with E-state index in [1.807, 2.05) is 24.3 Å². The van der Waals surface area contributed by atoms with E-state index < -0.39 is 6.10 Å². The molecule has 0 bridgehead atoms. The maximum Gasteiger partial charge on any atom is 0.217 e. The minimum absolute atomic E-state index is 0.308. The number of carbonyl (C=O) groups excluding carboxylic acids is 1. The maximum absolute atomic E-state index is 10.6. The van der Waals surface area contributed by atoms with Gasteiger partial charge in [-0.1, -0.05) is 55.7 Å². The SMILES string of the molecule is NC(=O)CCC[C@@H](O)\C=C/C=C/C=C/[C@@H](O)C1CCCCC1. The first kappa shape index (κ1) is 18.7. The molecule has 0 radical (unpaired) electrons. The van der Waals surface area contributed by atoms with E-state index in [1.54, 1.807) is 12.2 Å². The molecule has 0 heterocycles. The van der Waals surface area contributed by atoms with Crippen LogP contribution in [0.15, 0.2) is 36.5 Å². The van der Waals surface area contributed by atoms with E-state index in [-0.39, 0.29) is 12.0 Å². The van der Waals surface area contributed by atoms with Crippen LogP contribution in [0.1, 0.15) is 51.4 Å². The van der Waals surface area contributed by atoms with Crippen molar-refractivity contribution in [1.82, 2.24) is 0 Å². The molecule has 124 valence electrons. The van der Waals surface area contributed by atoms with E-state index >= 15 is 0 Å². The fraction of sp³-hybridized carbons (Fsp3) is 0.611. The summed E-state index contributed by atoms with van der Waals surface area (Å²) in [6.45, 7) is 0. The number of nitrogens with two attached hydrogens (primary N) is 1. The summed E-state index contributed by atoms with van der Waals surface area (Å²) in [4.78, 5) is 10.6. The summed E-state index contributed by atoms with van der Waals surface area (Å²) in [7, 11) is 0. The van der Waals surface area contributed by atoms with Gasteiger partial charge in [0, 0.05) is 6.42 Å². The first-order chi connectivity index (χ1) is 10.6. The number of hydrogen-bond donors (Lipinski definition) is 3. The van der Waals surface area contributed by atoms with Crippen LogP contribution in [0.5, 0.6) is 0 Å². The Bertz CT molecular complexity index is 395. The number of primary amides is 1. The average Bonchev–Trinajstić information content (AvgIpc) is 2.51. The number of amides is 1. The van der Waals surface area contributed by atoms with Crippen LogP contribution in [0.3, 0.4) is 0 Å². The summed E-state index contributed by atoms with van der Waals surface area (Å²) >= 11 is 0. The number of allylic oxidation sites excluding steroid dienone is 4.